The van der Waals surface area contributed by atoms with Crippen LogP contribution < -0.4 is 16.2 Å². The fourth-order valence-electron chi connectivity index (χ4n) is 1.99. The van der Waals surface area contributed by atoms with Crippen LogP contribution in [0, 0.1) is 0 Å². The molecule has 2 rings (SSSR count). The minimum atomic E-state index is 0.130. The molecule has 0 radical (unpaired) electrons. The molecule has 0 aliphatic rings. The number of nitrogens with two attached hydrogens (primary N) is 2. The number of hydrogen-bond acceptors (Lipinski definition) is 7. The summed E-state index contributed by atoms with van der Waals surface area (Å²) in [6.07, 6.45) is 0. The number of benzene rings is 1. The quantitative estimate of drug-likeness (QED) is 0.838. The molecule has 1 aromatic carbocycles. The molecule has 21 heavy (non-hydrogen) atoms. The van der Waals surface area contributed by atoms with E-state index in [2.05, 4.69) is 30.9 Å². The average Bonchev–Trinajstić information content (AvgIpc) is 2.37. The molecule has 2 aromatic rings. The second-order valence-electron chi connectivity index (χ2n) is 4.60. The lowest BCUT2D eigenvalue weighted by molar-refractivity contribution is 0.302. The minimum absolute atomic E-state index is 0.130. The third kappa shape index (κ3) is 4.27. The highest BCUT2D eigenvalue weighted by atomic mass is 79.9. The first-order valence-corrected chi connectivity index (χ1v) is 7.04. The molecule has 4 N–H and O–H groups in total. The van der Waals surface area contributed by atoms with Gasteiger partial charge in [0.2, 0.25) is 11.9 Å². The van der Waals surface area contributed by atoms with Crippen molar-refractivity contribution in [3.63, 3.8) is 0 Å². The molecule has 0 fully saturated rings. The van der Waals surface area contributed by atoms with Crippen molar-refractivity contribution in [1.82, 2.24) is 19.9 Å². The molecule has 1 heterocycles. The molecule has 0 aliphatic carbocycles. The van der Waals surface area contributed by atoms with Crippen LogP contribution in [-0.4, -0.2) is 34.0 Å². The van der Waals surface area contributed by atoms with Crippen molar-refractivity contribution in [2.75, 3.05) is 25.6 Å². The Balaban J connectivity index is 2.11. The Hall–Kier alpha value is -1.93. The van der Waals surface area contributed by atoms with Crippen LogP contribution in [0.25, 0.3) is 0 Å². The first kappa shape index (κ1) is 15.5. The largest absolute Gasteiger partial charge is 0.496 e. The van der Waals surface area contributed by atoms with Gasteiger partial charge in [-0.15, -0.1) is 0 Å². The number of nitrogen functional groups attached to an aromatic ring is 2. The van der Waals surface area contributed by atoms with E-state index in [4.69, 9.17) is 16.2 Å². The first-order valence-electron chi connectivity index (χ1n) is 6.25. The van der Waals surface area contributed by atoms with E-state index in [1.54, 1.807) is 7.11 Å². The van der Waals surface area contributed by atoms with Gasteiger partial charge in [-0.05, 0) is 25.2 Å². The van der Waals surface area contributed by atoms with Gasteiger partial charge >= 0.3 is 0 Å². The van der Waals surface area contributed by atoms with Crippen molar-refractivity contribution in [1.29, 1.82) is 0 Å². The van der Waals surface area contributed by atoms with Crippen LogP contribution >= 0.6 is 15.9 Å². The maximum absolute atomic E-state index is 5.57. The van der Waals surface area contributed by atoms with Crippen LogP contribution in [0.1, 0.15) is 11.4 Å². The van der Waals surface area contributed by atoms with Crippen molar-refractivity contribution in [2.45, 2.75) is 13.1 Å². The number of methoxy groups -OCH3 is 1. The van der Waals surface area contributed by atoms with Gasteiger partial charge < -0.3 is 16.2 Å². The van der Waals surface area contributed by atoms with Crippen molar-refractivity contribution in [3.8, 4) is 5.75 Å². The fraction of sp³-hybridized carbons (Fsp3) is 0.308. The highest BCUT2D eigenvalue weighted by Crippen LogP contribution is 2.24. The van der Waals surface area contributed by atoms with Crippen molar-refractivity contribution in [2.24, 2.45) is 0 Å². The summed E-state index contributed by atoms with van der Waals surface area (Å²) in [6, 6.07) is 5.88. The Morgan fingerprint density at radius 1 is 1.14 bits per heavy atom. The normalized spacial score (nSPS) is 10.9. The summed E-state index contributed by atoms with van der Waals surface area (Å²) in [6.45, 7) is 1.18. The van der Waals surface area contributed by atoms with Crippen molar-refractivity contribution >= 4 is 27.8 Å². The molecule has 0 amide bonds. The van der Waals surface area contributed by atoms with Crippen molar-refractivity contribution in [3.05, 3.63) is 34.1 Å². The summed E-state index contributed by atoms with van der Waals surface area (Å²) < 4.78 is 6.36. The van der Waals surface area contributed by atoms with E-state index in [0.29, 0.717) is 18.9 Å². The third-order valence-corrected chi connectivity index (χ3v) is 3.30. The Morgan fingerprint density at radius 3 is 2.43 bits per heavy atom. The zero-order valence-corrected chi connectivity index (χ0v) is 13.5. The maximum atomic E-state index is 5.57. The summed E-state index contributed by atoms with van der Waals surface area (Å²) >= 11 is 3.46. The number of nitrogens with zero attached hydrogens (tertiary/aromatic N) is 4. The van der Waals surface area contributed by atoms with Gasteiger partial charge in [0.05, 0.1) is 13.7 Å². The Labute approximate surface area is 131 Å². The summed E-state index contributed by atoms with van der Waals surface area (Å²) in [5, 5.41) is 0. The topological polar surface area (TPSA) is 103 Å². The van der Waals surface area contributed by atoms with Gasteiger partial charge in [-0.3, -0.25) is 4.90 Å². The van der Waals surface area contributed by atoms with E-state index in [1.165, 1.54) is 0 Å². The monoisotopic (exact) mass is 352 g/mol. The van der Waals surface area contributed by atoms with Gasteiger partial charge in [0.1, 0.15) is 11.6 Å². The zero-order chi connectivity index (χ0) is 15.4. The Kier molecular flexibility index (Phi) is 4.92. The van der Waals surface area contributed by atoms with Crippen LogP contribution in [0.5, 0.6) is 5.75 Å². The summed E-state index contributed by atoms with van der Waals surface area (Å²) in [7, 11) is 3.61. The molecule has 1 aromatic heterocycles. The second-order valence-corrected chi connectivity index (χ2v) is 5.51. The summed E-state index contributed by atoms with van der Waals surface area (Å²) in [5.41, 5.74) is 12.2. The Bertz CT molecular complexity index is 616. The molecule has 0 saturated carbocycles. The lowest BCUT2D eigenvalue weighted by atomic mass is 10.2. The number of anilines is 2. The van der Waals surface area contributed by atoms with Crippen LogP contribution in [0.3, 0.4) is 0 Å². The van der Waals surface area contributed by atoms with Gasteiger partial charge in [-0.25, -0.2) is 0 Å². The highest BCUT2D eigenvalue weighted by molar-refractivity contribution is 9.10. The van der Waals surface area contributed by atoms with E-state index in [1.807, 2.05) is 30.1 Å². The average molecular weight is 353 g/mol. The summed E-state index contributed by atoms with van der Waals surface area (Å²) in [4.78, 5) is 13.9. The van der Waals surface area contributed by atoms with Gasteiger partial charge in [0.25, 0.3) is 0 Å². The molecule has 8 heteroatoms. The van der Waals surface area contributed by atoms with Crippen LogP contribution in [0.4, 0.5) is 11.9 Å². The highest BCUT2D eigenvalue weighted by Gasteiger charge is 2.10. The molecule has 0 atom stereocenters. The zero-order valence-electron chi connectivity index (χ0n) is 11.9. The smallest absolute Gasteiger partial charge is 0.225 e. The lowest BCUT2D eigenvalue weighted by Gasteiger charge is -2.18. The molecular formula is C13H17BrN6O. The van der Waals surface area contributed by atoms with E-state index >= 15 is 0 Å². The lowest BCUT2D eigenvalue weighted by Crippen LogP contribution is -2.20. The van der Waals surface area contributed by atoms with E-state index < -0.39 is 0 Å². The molecule has 112 valence electrons. The molecule has 0 bridgehead atoms. The van der Waals surface area contributed by atoms with E-state index in [0.717, 1.165) is 15.8 Å². The van der Waals surface area contributed by atoms with E-state index in [9.17, 15) is 0 Å². The molecule has 0 unspecified atom stereocenters. The SMILES string of the molecule is COc1ccc(Br)cc1CN(C)Cc1nc(N)nc(N)n1. The standard InChI is InChI=1S/C13H17BrN6O/c1-20(7-11-17-12(15)19-13(16)18-11)6-8-5-9(14)3-4-10(8)21-2/h3-5H,6-7H2,1-2H3,(H4,15,16,17,18,19). The van der Waals surface area contributed by atoms with Crippen LogP contribution in [0.15, 0.2) is 22.7 Å². The number of aromatic nitrogens is 3. The predicted octanol–water partition coefficient (Wildman–Crippen LogP) is 1.44. The predicted molar refractivity (Wildman–Crippen MR) is 84.5 cm³/mol. The van der Waals surface area contributed by atoms with Gasteiger partial charge in [0.15, 0.2) is 0 Å². The van der Waals surface area contributed by atoms with Crippen LogP contribution in [-0.2, 0) is 13.1 Å². The van der Waals surface area contributed by atoms with E-state index in [-0.39, 0.29) is 11.9 Å². The fourth-order valence-corrected chi connectivity index (χ4v) is 2.39. The minimum Gasteiger partial charge on any atom is -0.496 e. The number of halogens is 1. The summed E-state index contributed by atoms with van der Waals surface area (Å²) in [5.74, 6) is 1.63. The number of ether oxygens (including phenoxy) is 1. The number of rotatable bonds is 5. The molecule has 0 spiro atoms. The first-order chi connectivity index (χ1) is 9.97. The molecule has 7 nitrogen and oxygen atoms in total. The number of hydrogen-bond donors (Lipinski definition) is 2. The van der Waals surface area contributed by atoms with Gasteiger partial charge in [0, 0.05) is 16.6 Å². The third-order valence-electron chi connectivity index (χ3n) is 2.81. The maximum Gasteiger partial charge on any atom is 0.225 e. The molecule has 0 saturated heterocycles. The van der Waals surface area contributed by atoms with Gasteiger partial charge in [-0.2, -0.15) is 15.0 Å². The van der Waals surface area contributed by atoms with Crippen LogP contribution in [0.2, 0.25) is 0 Å². The Morgan fingerprint density at radius 2 is 1.81 bits per heavy atom. The molecule has 0 aliphatic heterocycles. The second kappa shape index (κ2) is 6.68. The molecular weight excluding hydrogens is 336 g/mol. The van der Waals surface area contributed by atoms with Crippen molar-refractivity contribution < 1.29 is 4.74 Å². The van der Waals surface area contributed by atoms with Gasteiger partial charge in [-0.1, -0.05) is 15.9 Å².